The summed E-state index contributed by atoms with van der Waals surface area (Å²) in [6.07, 6.45) is 6.78. The van der Waals surface area contributed by atoms with Gasteiger partial charge in [-0.1, -0.05) is 32.6 Å². The van der Waals surface area contributed by atoms with E-state index in [0.717, 1.165) is 5.92 Å². The molecule has 0 saturated heterocycles. The van der Waals surface area contributed by atoms with Crippen LogP contribution < -0.4 is 5.73 Å². The van der Waals surface area contributed by atoms with E-state index in [1.165, 1.54) is 40.6 Å². The van der Waals surface area contributed by atoms with Gasteiger partial charge in [-0.3, -0.25) is 0 Å². The molecular weight excluding hydrogens is 329 g/mol. The summed E-state index contributed by atoms with van der Waals surface area (Å²) < 4.78 is 1.35. The quantitative estimate of drug-likeness (QED) is 0.795. The first-order valence-electron chi connectivity index (χ1n) is 6.22. The Bertz CT molecular complexity index is 336. The molecule has 0 radical (unpaired) electrons. The molecule has 2 N–H and O–H groups in total. The fourth-order valence-corrected chi connectivity index (χ4v) is 4.38. The third kappa shape index (κ3) is 2.79. The normalized spacial score (nSPS) is 27.9. The molecule has 1 heterocycles. The zero-order valence-corrected chi connectivity index (χ0v) is 12.8. The smallest absolute Gasteiger partial charge is 0.0656 e. The van der Waals surface area contributed by atoms with Crippen LogP contribution in [0.1, 0.15) is 50.6 Å². The summed E-state index contributed by atoms with van der Waals surface area (Å²) >= 11 is 4.19. The molecule has 0 spiro atoms. The molecular formula is C13H20INS. The summed E-state index contributed by atoms with van der Waals surface area (Å²) in [4.78, 5) is 0. The molecule has 0 bridgehead atoms. The minimum atomic E-state index is 0.269. The second-order valence-electron chi connectivity index (χ2n) is 4.83. The van der Waals surface area contributed by atoms with E-state index in [9.17, 15) is 0 Å². The van der Waals surface area contributed by atoms with Crippen molar-refractivity contribution in [3.05, 3.63) is 19.9 Å². The van der Waals surface area contributed by atoms with E-state index in [4.69, 9.17) is 5.73 Å². The molecule has 0 aromatic carbocycles. The number of halogens is 1. The van der Waals surface area contributed by atoms with E-state index in [2.05, 4.69) is 41.0 Å². The predicted octanol–water partition coefficient (Wildman–Crippen LogP) is 4.57. The van der Waals surface area contributed by atoms with Crippen molar-refractivity contribution < 1.29 is 0 Å². The number of hydrogen-bond acceptors (Lipinski definition) is 2. The van der Waals surface area contributed by atoms with Gasteiger partial charge in [0.25, 0.3) is 0 Å². The van der Waals surface area contributed by atoms with Crippen LogP contribution in [0.25, 0.3) is 0 Å². The monoisotopic (exact) mass is 349 g/mol. The highest BCUT2D eigenvalue weighted by Gasteiger charge is 2.29. The third-order valence-electron chi connectivity index (χ3n) is 3.93. The molecule has 90 valence electrons. The number of rotatable bonds is 3. The molecule has 1 saturated carbocycles. The molecule has 0 amide bonds. The molecule has 1 fully saturated rings. The summed E-state index contributed by atoms with van der Waals surface area (Å²) in [6, 6.07) is 2.53. The van der Waals surface area contributed by atoms with E-state index >= 15 is 0 Å². The molecule has 3 heteroatoms. The lowest BCUT2D eigenvalue weighted by Crippen LogP contribution is -2.30. The molecule has 1 nitrogen and oxygen atoms in total. The number of nitrogens with two attached hydrogens (primary N) is 1. The van der Waals surface area contributed by atoms with Gasteiger partial charge in [0.15, 0.2) is 0 Å². The molecule has 3 unspecified atom stereocenters. The molecule has 2 rings (SSSR count). The molecule has 0 aliphatic heterocycles. The van der Waals surface area contributed by atoms with E-state index in [1.54, 1.807) is 0 Å². The Morgan fingerprint density at radius 3 is 2.88 bits per heavy atom. The molecule has 1 aromatic heterocycles. The van der Waals surface area contributed by atoms with Crippen molar-refractivity contribution in [1.82, 2.24) is 0 Å². The van der Waals surface area contributed by atoms with Gasteiger partial charge in [0.05, 0.1) is 2.88 Å². The zero-order valence-electron chi connectivity index (χ0n) is 9.79. The second-order valence-corrected chi connectivity index (χ2v) is 7.63. The maximum atomic E-state index is 6.45. The molecule has 3 atom stereocenters. The highest BCUT2D eigenvalue weighted by molar-refractivity contribution is 14.1. The first kappa shape index (κ1) is 12.8. The predicted molar refractivity (Wildman–Crippen MR) is 79.7 cm³/mol. The standard InChI is InChI=1S/C13H20INS/c1-2-9-5-3-4-6-11(9)13(15)10-7-12(14)16-8-10/h7-9,11,13H,2-6,15H2,1H3. The van der Waals surface area contributed by atoms with Crippen LogP contribution in [0.4, 0.5) is 0 Å². The molecule has 16 heavy (non-hydrogen) atoms. The average molecular weight is 349 g/mol. The Kier molecular flexibility index (Phi) is 4.67. The van der Waals surface area contributed by atoms with Crippen LogP contribution in [0.3, 0.4) is 0 Å². The van der Waals surface area contributed by atoms with Crippen molar-refractivity contribution in [3.63, 3.8) is 0 Å². The van der Waals surface area contributed by atoms with Crippen molar-refractivity contribution in [3.8, 4) is 0 Å². The van der Waals surface area contributed by atoms with Gasteiger partial charge in [0.1, 0.15) is 0 Å². The molecule has 1 aliphatic carbocycles. The minimum Gasteiger partial charge on any atom is -0.324 e. The number of thiophene rings is 1. The third-order valence-corrected chi connectivity index (χ3v) is 5.73. The first-order chi connectivity index (χ1) is 7.72. The van der Waals surface area contributed by atoms with Crippen LogP contribution in [0, 0.1) is 14.7 Å². The fraction of sp³-hybridized carbons (Fsp3) is 0.692. The van der Waals surface area contributed by atoms with Crippen molar-refractivity contribution in [1.29, 1.82) is 0 Å². The van der Waals surface area contributed by atoms with Crippen LogP contribution in [0.2, 0.25) is 0 Å². The van der Waals surface area contributed by atoms with Gasteiger partial charge < -0.3 is 5.73 Å². The van der Waals surface area contributed by atoms with E-state index in [1.807, 2.05) is 11.3 Å². The van der Waals surface area contributed by atoms with Gasteiger partial charge in [-0.25, -0.2) is 0 Å². The van der Waals surface area contributed by atoms with Gasteiger partial charge in [-0.15, -0.1) is 11.3 Å². The van der Waals surface area contributed by atoms with Gasteiger partial charge >= 0.3 is 0 Å². The van der Waals surface area contributed by atoms with E-state index in [-0.39, 0.29) is 6.04 Å². The number of hydrogen-bond donors (Lipinski definition) is 1. The first-order valence-corrected chi connectivity index (χ1v) is 8.17. The van der Waals surface area contributed by atoms with Crippen molar-refractivity contribution in [2.24, 2.45) is 17.6 Å². The van der Waals surface area contributed by atoms with Crippen LogP contribution >= 0.6 is 33.9 Å². The maximum Gasteiger partial charge on any atom is 0.0656 e. The fourth-order valence-electron chi connectivity index (χ4n) is 2.96. The Labute approximate surface area is 116 Å². The van der Waals surface area contributed by atoms with Gasteiger partial charge in [0.2, 0.25) is 0 Å². The highest BCUT2D eigenvalue weighted by Crippen LogP contribution is 2.40. The van der Waals surface area contributed by atoms with Gasteiger partial charge in [0, 0.05) is 6.04 Å². The lowest BCUT2D eigenvalue weighted by Gasteiger charge is -2.34. The SMILES string of the molecule is CCC1CCCCC1C(N)c1csc(I)c1. The summed E-state index contributed by atoms with van der Waals surface area (Å²) in [5.41, 5.74) is 7.81. The maximum absolute atomic E-state index is 6.45. The average Bonchev–Trinajstić information content (AvgIpc) is 2.75. The Balaban J connectivity index is 2.10. The van der Waals surface area contributed by atoms with Crippen LogP contribution in [-0.2, 0) is 0 Å². The van der Waals surface area contributed by atoms with Gasteiger partial charge in [-0.2, -0.15) is 0 Å². The topological polar surface area (TPSA) is 26.0 Å². The summed E-state index contributed by atoms with van der Waals surface area (Å²) in [5, 5.41) is 2.24. The lowest BCUT2D eigenvalue weighted by molar-refractivity contribution is 0.197. The molecule has 1 aromatic rings. The summed E-state index contributed by atoms with van der Waals surface area (Å²) in [7, 11) is 0. The van der Waals surface area contributed by atoms with Crippen LogP contribution in [-0.4, -0.2) is 0 Å². The zero-order chi connectivity index (χ0) is 11.5. The summed E-state index contributed by atoms with van der Waals surface area (Å²) in [6.45, 7) is 2.31. The van der Waals surface area contributed by atoms with Crippen molar-refractivity contribution >= 4 is 33.9 Å². The van der Waals surface area contributed by atoms with Crippen molar-refractivity contribution in [2.45, 2.75) is 45.1 Å². The largest absolute Gasteiger partial charge is 0.324 e. The van der Waals surface area contributed by atoms with E-state index in [0.29, 0.717) is 5.92 Å². The Morgan fingerprint density at radius 2 is 2.25 bits per heavy atom. The van der Waals surface area contributed by atoms with Gasteiger partial charge in [-0.05, 0) is 57.9 Å². The summed E-state index contributed by atoms with van der Waals surface area (Å²) in [5.74, 6) is 1.56. The van der Waals surface area contributed by atoms with Crippen LogP contribution in [0.5, 0.6) is 0 Å². The van der Waals surface area contributed by atoms with Crippen molar-refractivity contribution in [2.75, 3.05) is 0 Å². The highest BCUT2D eigenvalue weighted by atomic mass is 127. The van der Waals surface area contributed by atoms with Crippen LogP contribution in [0.15, 0.2) is 11.4 Å². The molecule has 1 aliphatic rings. The second kappa shape index (κ2) is 5.83. The Morgan fingerprint density at radius 1 is 1.50 bits per heavy atom. The minimum absolute atomic E-state index is 0.269. The Hall–Kier alpha value is 0.390. The lowest BCUT2D eigenvalue weighted by atomic mass is 9.73. The van der Waals surface area contributed by atoms with E-state index < -0.39 is 0 Å².